The molecule has 11 aromatic rings. The van der Waals surface area contributed by atoms with Crippen LogP contribution in [0, 0.1) is 0 Å². The van der Waals surface area contributed by atoms with Gasteiger partial charge < -0.3 is 9.47 Å². The zero-order valence-electron chi connectivity index (χ0n) is 72.0. The van der Waals surface area contributed by atoms with Crippen LogP contribution < -0.4 is 4.90 Å². The molecular formula is C60H42N2. The van der Waals surface area contributed by atoms with Crippen LogP contribution >= 0.6 is 0 Å². The van der Waals surface area contributed by atoms with E-state index in [0.717, 1.165) is 0 Å². The molecule has 2 nitrogen and oxygen atoms in total. The van der Waals surface area contributed by atoms with Crippen molar-refractivity contribution < 1.29 is 56.2 Å². The number of hydrogen-bond acceptors (Lipinski definition) is 1. The van der Waals surface area contributed by atoms with E-state index >= 15 is 0 Å². The molecule has 1 aromatic heterocycles. The van der Waals surface area contributed by atoms with Crippen LogP contribution in [0.3, 0.4) is 0 Å². The molecule has 0 aliphatic carbocycles. The van der Waals surface area contributed by atoms with Gasteiger partial charge in [-0.2, -0.15) is 0 Å². The maximum absolute atomic E-state index is 10.0. The van der Waals surface area contributed by atoms with Crippen LogP contribution in [0.1, 0.15) is 56.2 Å². The van der Waals surface area contributed by atoms with E-state index in [1.54, 1.807) is 0 Å². The van der Waals surface area contributed by atoms with Gasteiger partial charge in [0.15, 0.2) is 0 Å². The average Bonchev–Trinajstić information content (AvgIpc) is 1.69. The summed E-state index contributed by atoms with van der Waals surface area (Å²) in [6, 6.07) is -46.2. The van der Waals surface area contributed by atoms with E-state index in [-0.39, 0.29) is 4.90 Å². The van der Waals surface area contributed by atoms with Crippen LogP contribution in [0.4, 0.5) is 17.1 Å². The third-order valence-corrected chi connectivity index (χ3v) is 9.06. The number of anilines is 3. The Bertz CT molecular complexity index is 5600. The molecule has 11 rings (SSSR count). The molecular weight excluding hydrogens is 749 g/mol. The average molecular weight is 832 g/mol. The predicted octanol–water partition coefficient (Wildman–Crippen LogP) is 16.6. The fraction of sp³-hybridized carbons (Fsp3) is 0. The van der Waals surface area contributed by atoms with Gasteiger partial charge in [-0.3, -0.25) is 0 Å². The number of para-hydroxylation sites is 3. The van der Waals surface area contributed by atoms with Crippen molar-refractivity contribution in [1.29, 1.82) is 0 Å². The minimum absolute atomic E-state index is 0.253. The highest BCUT2D eigenvalue weighted by atomic mass is 15.1. The molecule has 0 N–H and O–H groups in total. The Morgan fingerprint density at radius 2 is 0.742 bits per heavy atom. The van der Waals surface area contributed by atoms with E-state index in [1.165, 1.54) is 0 Å². The van der Waals surface area contributed by atoms with Gasteiger partial charge in [-0.05, 0) is 98.9 Å². The van der Waals surface area contributed by atoms with Crippen molar-refractivity contribution in [2.75, 3.05) is 4.90 Å². The summed E-state index contributed by atoms with van der Waals surface area (Å²) in [5.41, 5.74) is -16.2. The summed E-state index contributed by atoms with van der Waals surface area (Å²) < 4.78 is 373. The number of hydrogen-bond donors (Lipinski definition) is 0. The second kappa shape index (κ2) is 16.1. The molecule has 62 heavy (non-hydrogen) atoms. The topological polar surface area (TPSA) is 8.17 Å². The van der Waals surface area contributed by atoms with Crippen LogP contribution in [0.5, 0.6) is 0 Å². The standard InChI is InChI=1S/C60H42N2/c1-4-16-43(17-5-1)45-28-30-49(31-29-45)54-23-10-13-25-57(54)61(51-37-32-46(33-38-51)44-18-6-2-7-19-44)52-39-34-47(35-40-52)50-36-41-60-56(42-50)55-24-12-15-27-59(55)62(60)58-26-14-11-22-53(58)48-20-8-3-9-21-48/h1-42H/i1D,2D,3D,4D,5D,6D,7D,8D,9D,10D,11D,12D,13D,14D,15D,16D,17D,18D,19D,20D,21D,22D,24D,25D,26D,27D,28D,29D,30D,31D,32D,33D,34D,35D,36D,37D,38D,39D,40D,41D,42D. The van der Waals surface area contributed by atoms with Gasteiger partial charge in [-0.25, -0.2) is 0 Å². The summed E-state index contributed by atoms with van der Waals surface area (Å²) in [5.74, 6) is 0. The lowest BCUT2D eigenvalue weighted by atomic mass is 9.98. The van der Waals surface area contributed by atoms with Gasteiger partial charge >= 0.3 is 0 Å². The van der Waals surface area contributed by atoms with Crippen molar-refractivity contribution in [3.63, 3.8) is 0 Å². The Morgan fingerprint density at radius 1 is 0.306 bits per heavy atom. The SMILES string of the molecule is [2H]c1cc(-c2c([2H])c([2H])c(-c3c([2H])c([2H])c([2H])c([2H])c3[2H])c([2H])c2[2H])c(N(c2c([2H])c([2H])c(-c3c([2H])c([2H])c([2H])c([2H])c3[2H])c([2H])c2[2H])c2c([2H])c([2H])c(-c3c([2H])c([2H])c4c(c3[2H])c3c([2H])c([2H])c([2H])c([2H])c3n4-c3c([2H])c([2H])c([2H])c([2H])c3-c3c([2H])c([2H])c([2H])c([2H])c3[2H])c([2H])c2[2H])c([2H])c1[2H]. The highest BCUT2D eigenvalue weighted by Crippen LogP contribution is 2.43. The Kier molecular flexibility index (Phi) is 3.55. The summed E-state index contributed by atoms with van der Waals surface area (Å²) in [7, 11) is 0. The van der Waals surface area contributed by atoms with Crippen LogP contribution in [0.2, 0.25) is 0 Å². The lowest BCUT2D eigenvalue weighted by Gasteiger charge is -2.28. The smallest absolute Gasteiger partial charge is 0.0645 e. The number of aromatic nitrogens is 1. The van der Waals surface area contributed by atoms with Crippen molar-refractivity contribution in [2.45, 2.75) is 0 Å². The first-order chi connectivity index (χ1) is 47.8. The van der Waals surface area contributed by atoms with Gasteiger partial charge in [0.05, 0.1) is 78.6 Å². The van der Waals surface area contributed by atoms with Crippen LogP contribution in [-0.4, -0.2) is 4.57 Å². The second-order valence-corrected chi connectivity index (χ2v) is 12.6. The third kappa shape index (κ3) is 6.84. The third-order valence-electron chi connectivity index (χ3n) is 9.06. The second-order valence-electron chi connectivity index (χ2n) is 12.6. The van der Waals surface area contributed by atoms with E-state index in [0.29, 0.717) is 10.6 Å². The van der Waals surface area contributed by atoms with Crippen molar-refractivity contribution in [3.8, 4) is 61.3 Å². The minimum atomic E-state index is -1.47. The zero-order valence-corrected chi connectivity index (χ0v) is 31.0. The molecule has 0 saturated heterocycles. The van der Waals surface area contributed by atoms with Crippen molar-refractivity contribution >= 4 is 38.9 Å². The Balaban J connectivity index is 1.31. The molecule has 0 fully saturated rings. The van der Waals surface area contributed by atoms with Crippen LogP contribution in [0.15, 0.2) is 254 Å². The summed E-state index contributed by atoms with van der Waals surface area (Å²) in [6.07, 6.45) is 0. The predicted molar refractivity (Wildman–Crippen MR) is 263 cm³/mol. The molecule has 0 radical (unpaired) electrons. The normalized spacial score (nSPS) is 20.5. The summed E-state index contributed by atoms with van der Waals surface area (Å²) in [4.78, 5) is 0.253. The quantitative estimate of drug-likeness (QED) is 0.141. The molecule has 0 aliphatic rings. The molecule has 10 aromatic carbocycles. The molecule has 0 aliphatic heterocycles. The van der Waals surface area contributed by atoms with E-state index in [9.17, 15) is 27.4 Å². The van der Waals surface area contributed by atoms with Crippen LogP contribution in [0.25, 0.3) is 83.1 Å². The molecule has 0 spiro atoms. The molecule has 292 valence electrons. The molecule has 0 unspecified atom stereocenters. The first kappa shape index (κ1) is 13.7. The fourth-order valence-electron chi connectivity index (χ4n) is 6.34. The fourth-order valence-corrected chi connectivity index (χ4v) is 6.34. The lowest BCUT2D eigenvalue weighted by Crippen LogP contribution is -2.11. The first-order valence-corrected chi connectivity index (χ1v) is 17.9. The summed E-state index contributed by atoms with van der Waals surface area (Å²) in [6.45, 7) is 0. The minimum Gasteiger partial charge on any atom is -0.310 e. The number of nitrogens with zero attached hydrogens (tertiary/aromatic N) is 2. The van der Waals surface area contributed by atoms with Crippen molar-refractivity contribution in [1.82, 2.24) is 4.57 Å². The highest BCUT2D eigenvalue weighted by molar-refractivity contribution is 6.11. The van der Waals surface area contributed by atoms with E-state index in [1.807, 2.05) is 0 Å². The summed E-state index contributed by atoms with van der Waals surface area (Å²) >= 11 is 0. The molecule has 1 heterocycles. The van der Waals surface area contributed by atoms with Gasteiger partial charge in [0.25, 0.3) is 0 Å². The molecule has 2 heteroatoms. The van der Waals surface area contributed by atoms with Crippen molar-refractivity contribution in [3.05, 3.63) is 254 Å². The van der Waals surface area contributed by atoms with E-state index in [2.05, 4.69) is 0 Å². The molecule has 0 atom stereocenters. The van der Waals surface area contributed by atoms with Gasteiger partial charge in [-0.1, -0.05) is 199 Å². The van der Waals surface area contributed by atoms with Crippen LogP contribution in [-0.2, 0) is 0 Å². The maximum Gasteiger partial charge on any atom is 0.0645 e. The largest absolute Gasteiger partial charge is 0.310 e. The summed E-state index contributed by atoms with van der Waals surface area (Å²) in [5, 5.41) is -1.63. The van der Waals surface area contributed by atoms with Gasteiger partial charge in [0.1, 0.15) is 0 Å². The first-order valence-electron chi connectivity index (χ1n) is 38.4. The lowest BCUT2D eigenvalue weighted by molar-refractivity contribution is 1.18. The number of benzene rings is 10. The van der Waals surface area contributed by atoms with Gasteiger partial charge in [0.2, 0.25) is 0 Å². The van der Waals surface area contributed by atoms with Crippen molar-refractivity contribution in [2.24, 2.45) is 0 Å². The maximum atomic E-state index is 10.0. The number of rotatable bonds is 9. The van der Waals surface area contributed by atoms with E-state index in [4.69, 9.17) is 28.8 Å². The van der Waals surface area contributed by atoms with Gasteiger partial charge in [0, 0.05) is 33.3 Å². The monoisotopic (exact) mass is 832 g/mol. The molecule has 0 amide bonds. The molecule has 0 saturated carbocycles. The highest BCUT2D eigenvalue weighted by Gasteiger charge is 2.19. The Hall–Kier alpha value is -8.20. The Morgan fingerprint density at radius 3 is 1.39 bits per heavy atom. The van der Waals surface area contributed by atoms with Gasteiger partial charge in [-0.15, -0.1) is 0 Å². The van der Waals surface area contributed by atoms with E-state index < -0.39 is 348 Å². The zero-order chi connectivity index (χ0) is 76.9. The Labute approximate surface area is 420 Å². The molecule has 0 bridgehead atoms. The number of fused-ring (bicyclic) bond motifs is 3.